The van der Waals surface area contributed by atoms with E-state index in [9.17, 15) is 4.39 Å². The molecule has 1 aromatic heterocycles. The monoisotopic (exact) mass is 252 g/mol. The molecule has 1 heterocycles. The van der Waals surface area contributed by atoms with Crippen LogP contribution in [0.5, 0.6) is 0 Å². The van der Waals surface area contributed by atoms with Gasteiger partial charge >= 0.3 is 0 Å². The van der Waals surface area contributed by atoms with E-state index in [4.69, 9.17) is 5.73 Å². The molecule has 0 aliphatic rings. The molecule has 10 heavy (non-hydrogen) atoms. The molecule has 1 aromatic rings. The molecule has 0 aliphatic carbocycles. The lowest BCUT2D eigenvalue weighted by atomic mass is 10.3. The highest BCUT2D eigenvalue weighted by Crippen LogP contribution is 2.16. The van der Waals surface area contributed by atoms with Gasteiger partial charge < -0.3 is 5.73 Å². The van der Waals surface area contributed by atoms with Gasteiger partial charge in [-0.05, 0) is 35.6 Å². The summed E-state index contributed by atoms with van der Waals surface area (Å²) in [6.45, 7) is 1.73. The maximum atomic E-state index is 12.6. The normalized spacial score (nSPS) is 9.90. The summed E-state index contributed by atoms with van der Waals surface area (Å²) < 4.78 is 13.3. The highest BCUT2D eigenvalue weighted by Gasteiger charge is 2.03. The van der Waals surface area contributed by atoms with E-state index >= 15 is 0 Å². The molecule has 0 spiro atoms. The third-order valence-electron chi connectivity index (χ3n) is 1.09. The Kier molecular flexibility index (Phi) is 2.08. The zero-order valence-corrected chi connectivity index (χ0v) is 7.52. The SMILES string of the molecule is Cc1cc(I)c(N)c(F)n1. The Hall–Kier alpha value is -0.390. The second kappa shape index (κ2) is 2.69. The molecule has 2 nitrogen and oxygen atoms in total. The molecule has 1 rings (SSSR count). The van der Waals surface area contributed by atoms with Crippen LogP contribution in [0.15, 0.2) is 6.07 Å². The minimum atomic E-state index is -0.579. The van der Waals surface area contributed by atoms with Gasteiger partial charge in [-0.3, -0.25) is 0 Å². The number of anilines is 1. The Morgan fingerprint density at radius 1 is 1.70 bits per heavy atom. The smallest absolute Gasteiger partial charge is 0.237 e. The van der Waals surface area contributed by atoms with Crippen molar-refractivity contribution in [2.45, 2.75) is 6.92 Å². The standard InChI is InChI=1S/C6H6FIN2/c1-3-2-4(8)5(9)6(7)10-3/h2H,9H2,1H3. The molecule has 0 aromatic carbocycles. The highest BCUT2D eigenvalue weighted by molar-refractivity contribution is 14.1. The summed E-state index contributed by atoms with van der Waals surface area (Å²) in [5.74, 6) is -0.579. The fourth-order valence-corrected chi connectivity index (χ4v) is 1.28. The second-order valence-electron chi connectivity index (χ2n) is 1.95. The van der Waals surface area contributed by atoms with Crippen LogP contribution in [0.25, 0.3) is 0 Å². The highest BCUT2D eigenvalue weighted by atomic mass is 127. The number of pyridine rings is 1. The largest absolute Gasteiger partial charge is 0.394 e. The van der Waals surface area contributed by atoms with Crippen molar-refractivity contribution in [2.24, 2.45) is 0 Å². The summed E-state index contributed by atoms with van der Waals surface area (Å²) in [6.07, 6.45) is 0. The van der Waals surface area contributed by atoms with Crippen molar-refractivity contribution < 1.29 is 4.39 Å². The first-order valence-corrected chi connectivity index (χ1v) is 3.77. The van der Waals surface area contributed by atoms with E-state index < -0.39 is 5.95 Å². The lowest BCUT2D eigenvalue weighted by Crippen LogP contribution is -1.98. The predicted molar refractivity (Wildman–Crippen MR) is 46.1 cm³/mol. The van der Waals surface area contributed by atoms with Gasteiger partial charge in [-0.25, -0.2) is 4.98 Å². The topological polar surface area (TPSA) is 38.9 Å². The number of nitrogens with zero attached hydrogens (tertiary/aromatic N) is 1. The molecule has 0 bridgehead atoms. The quantitative estimate of drug-likeness (QED) is 0.564. The van der Waals surface area contributed by atoms with Crippen molar-refractivity contribution in [3.05, 3.63) is 21.3 Å². The number of hydrogen-bond donors (Lipinski definition) is 1. The predicted octanol–water partition coefficient (Wildman–Crippen LogP) is 1.72. The number of nitrogens with two attached hydrogens (primary N) is 1. The summed E-state index contributed by atoms with van der Waals surface area (Å²) in [6, 6.07) is 1.74. The average Bonchev–Trinajstić information content (AvgIpc) is 1.82. The van der Waals surface area contributed by atoms with Crippen molar-refractivity contribution in [3.63, 3.8) is 0 Å². The van der Waals surface area contributed by atoms with E-state index in [1.807, 2.05) is 22.6 Å². The first kappa shape index (κ1) is 7.71. The minimum Gasteiger partial charge on any atom is -0.394 e. The Morgan fingerprint density at radius 2 is 2.30 bits per heavy atom. The van der Waals surface area contributed by atoms with Gasteiger partial charge in [0.2, 0.25) is 5.95 Å². The fourth-order valence-electron chi connectivity index (χ4n) is 0.607. The van der Waals surface area contributed by atoms with Crippen molar-refractivity contribution in [1.82, 2.24) is 4.98 Å². The van der Waals surface area contributed by atoms with E-state index in [1.54, 1.807) is 13.0 Å². The molecular formula is C6H6FIN2. The summed E-state index contributed by atoms with van der Waals surface area (Å²) in [5.41, 5.74) is 6.09. The number of nitrogen functional groups attached to an aromatic ring is 1. The number of aromatic nitrogens is 1. The molecule has 2 N–H and O–H groups in total. The molecule has 0 aliphatic heterocycles. The number of halogens is 2. The minimum absolute atomic E-state index is 0.131. The Bertz CT molecular complexity index is 239. The number of rotatable bonds is 0. The zero-order chi connectivity index (χ0) is 7.72. The average molecular weight is 252 g/mol. The van der Waals surface area contributed by atoms with Gasteiger partial charge in [-0.15, -0.1) is 0 Å². The maximum Gasteiger partial charge on any atom is 0.237 e. The van der Waals surface area contributed by atoms with Crippen LogP contribution in [0, 0.1) is 16.4 Å². The summed E-state index contributed by atoms with van der Waals surface area (Å²) in [5, 5.41) is 0. The van der Waals surface area contributed by atoms with Crippen LogP contribution in [-0.2, 0) is 0 Å². The van der Waals surface area contributed by atoms with Crippen LogP contribution < -0.4 is 5.73 Å². The molecule has 0 fully saturated rings. The summed E-state index contributed by atoms with van der Waals surface area (Å²) >= 11 is 1.97. The van der Waals surface area contributed by atoms with Gasteiger partial charge in [0, 0.05) is 9.26 Å². The van der Waals surface area contributed by atoms with Gasteiger partial charge in [-0.2, -0.15) is 4.39 Å². The van der Waals surface area contributed by atoms with Crippen LogP contribution in [0.4, 0.5) is 10.1 Å². The van der Waals surface area contributed by atoms with Gasteiger partial charge in [-0.1, -0.05) is 0 Å². The lowest BCUT2D eigenvalue weighted by molar-refractivity contribution is 0.584. The van der Waals surface area contributed by atoms with E-state index in [0.717, 1.165) is 0 Å². The van der Waals surface area contributed by atoms with Crippen LogP contribution >= 0.6 is 22.6 Å². The van der Waals surface area contributed by atoms with Gasteiger partial charge in [0.15, 0.2) is 0 Å². The Balaban J connectivity index is 3.31. The zero-order valence-electron chi connectivity index (χ0n) is 5.36. The molecule has 0 radical (unpaired) electrons. The van der Waals surface area contributed by atoms with Crippen molar-refractivity contribution >= 4 is 28.3 Å². The molecule has 4 heteroatoms. The third-order valence-corrected chi connectivity index (χ3v) is 1.98. The molecule has 0 atom stereocenters. The molecule has 0 unspecified atom stereocenters. The van der Waals surface area contributed by atoms with E-state index in [0.29, 0.717) is 9.26 Å². The van der Waals surface area contributed by atoms with E-state index in [-0.39, 0.29) is 5.69 Å². The lowest BCUT2D eigenvalue weighted by Gasteiger charge is -1.99. The van der Waals surface area contributed by atoms with Crippen LogP contribution in [0.2, 0.25) is 0 Å². The first-order valence-electron chi connectivity index (χ1n) is 2.69. The fraction of sp³-hybridized carbons (Fsp3) is 0.167. The summed E-state index contributed by atoms with van der Waals surface area (Å²) in [4.78, 5) is 3.54. The van der Waals surface area contributed by atoms with Crippen molar-refractivity contribution in [2.75, 3.05) is 5.73 Å². The Labute approximate surface area is 71.8 Å². The molecular weight excluding hydrogens is 246 g/mol. The van der Waals surface area contributed by atoms with E-state index in [1.165, 1.54) is 0 Å². The van der Waals surface area contributed by atoms with Gasteiger partial charge in [0.1, 0.15) is 5.69 Å². The molecule has 0 saturated carbocycles. The van der Waals surface area contributed by atoms with Crippen LogP contribution in [0.1, 0.15) is 5.69 Å². The first-order chi connectivity index (χ1) is 4.61. The molecule has 0 amide bonds. The number of aryl methyl sites for hydroxylation is 1. The van der Waals surface area contributed by atoms with Crippen molar-refractivity contribution in [3.8, 4) is 0 Å². The van der Waals surface area contributed by atoms with Crippen molar-refractivity contribution in [1.29, 1.82) is 0 Å². The Morgan fingerprint density at radius 3 is 2.80 bits per heavy atom. The van der Waals surface area contributed by atoms with Gasteiger partial charge in [0.05, 0.1) is 0 Å². The van der Waals surface area contributed by atoms with Crippen LogP contribution in [-0.4, -0.2) is 4.98 Å². The maximum absolute atomic E-state index is 12.6. The van der Waals surface area contributed by atoms with E-state index in [2.05, 4.69) is 4.98 Å². The number of hydrogen-bond acceptors (Lipinski definition) is 2. The molecule has 0 saturated heterocycles. The van der Waals surface area contributed by atoms with Crippen LogP contribution in [0.3, 0.4) is 0 Å². The second-order valence-corrected chi connectivity index (χ2v) is 3.11. The summed E-state index contributed by atoms with van der Waals surface area (Å²) in [7, 11) is 0. The molecule has 54 valence electrons. The van der Waals surface area contributed by atoms with Gasteiger partial charge in [0.25, 0.3) is 0 Å². The third kappa shape index (κ3) is 1.36.